The predicted molar refractivity (Wildman–Crippen MR) is 183 cm³/mol. The van der Waals surface area contributed by atoms with Crippen molar-refractivity contribution < 1.29 is 24.2 Å². The first kappa shape index (κ1) is 30.8. The van der Waals surface area contributed by atoms with Gasteiger partial charge in [0.05, 0.1) is 33.1 Å². The number of nitrogens with zero attached hydrogens (tertiary/aromatic N) is 4. The first-order valence-electron chi connectivity index (χ1n) is 15.6. The number of para-hydroxylation sites is 2. The van der Waals surface area contributed by atoms with Gasteiger partial charge in [0.15, 0.2) is 0 Å². The standard InChI is InChI=1S/C36H35N5O5S/c1-22-18-25(31(37-19-22)40-20-36(21-40)14-16-46-17-15-36)32(42)38-24-10-8-23(9-11-24)33(43)41-27-7-5-4-6-26(27)39-30(35(41,2)3)28-12-13-29(47-28)34(44)45/h4-13,18-19H,14-17,20-21H2,1-3H3,(H,38,42)(H,44,45). The van der Waals surface area contributed by atoms with Gasteiger partial charge in [-0.05, 0) is 93.8 Å². The van der Waals surface area contributed by atoms with E-state index < -0.39 is 11.5 Å². The van der Waals surface area contributed by atoms with Crippen LogP contribution in [0.1, 0.15) is 67.5 Å². The van der Waals surface area contributed by atoms with Gasteiger partial charge in [0.25, 0.3) is 11.8 Å². The van der Waals surface area contributed by atoms with Crippen LogP contribution in [0, 0.1) is 12.3 Å². The summed E-state index contributed by atoms with van der Waals surface area (Å²) in [6.45, 7) is 9.01. The van der Waals surface area contributed by atoms with Gasteiger partial charge in [-0.15, -0.1) is 11.3 Å². The van der Waals surface area contributed by atoms with Gasteiger partial charge in [0.1, 0.15) is 10.7 Å². The van der Waals surface area contributed by atoms with Crippen LogP contribution in [0.2, 0.25) is 0 Å². The molecule has 0 bridgehead atoms. The summed E-state index contributed by atoms with van der Waals surface area (Å²) in [5.41, 5.74) is 3.64. The maximum Gasteiger partial charge on any atom is 0.345 e. The molecule has 2 fully saturated rings. The van der Waals surface area contributed by atoms with Crippen molar-refractivity contribution in [2.75, 3.05) is 41.4 Å². The number of aliphatic imine (C=N–C) groups is 1. The Kier molecular flexibility index (Phi) is 7.68. The lowest BCUT2D eigenvalue weighted by molar-refractivity contribution is -0.000512. The number of hydrogen-bond donors (Lipinski definition) is 2. The van der Waals surface area contributed by atoms with Gasteiger partial charge in [0.2, 0.25) is 0 Å². The van der Waals surface area contributed by atoms with Crippen molar-refractivity contribution in [1.29, 1.82) is 0 Å². The van der Waals surface area contributed by atoms with E-state index in [1.807, 2.05) is 51.1 Å². The number of carboxylic acid groups (broad SMARTS) is 1. The van der Waals surface area contributed by atoms with E-state index in [0.29, 0.717) is 44.6 Å². The summed E-state index contributed by atoms with van der Waals surface area (Å²) in [6.07, 6.45) is 3.84. The summed E-state index contributed by atoms with van der Waals surface area (Å²) in [5.74, 6) is -0.823. The number of amides is 2. The molecule has 2 saturated heterocycles. The van der Waals surface area contributed by atoms with Crippen LogP contribution < -0.4 is 15.1 Å². The Morgan fingerprint density at radius 1 is 0.979 bits per heavy atom. The van der Waals surface area contributed by atoms with Gasteiger partial charge in [-0.3, -0.25) is 14.5 Å². The summed E-state index contributed by atoms with van der Waals surface area (Å²) in [4.78, 5) is 53.7. The highest BCUT2D eigenvalue weighted by Crippen LogP contribution is 2.44. The Morgan fingerprint density at radius 3 is 2.40 bits per heavy atom. The third-order valence-corrected chi connectivity index (χ3v) is 10.4. The van der Waals surface area contributed by atoms with Crippen LogP contribution in [0.3, 0.4) is 0 Å². The maximum atomic E-state index is 14.2. The Morgan fingerprint density at radius 2 is 1.70 bits per heavy atom. The topological polar surface area (TPSA) is 124 Å². The second kappa shape index (κ2) is 11.7. The smallest absolute Gasteiger partial charge is 0.345 e. The summed E-state index contributed by atoms with van der Waals surface area (Å²) in [5, 5.41) is 12.5. The van der Waals surface area contributed by atoms with Crippen LogP contribution in [-0.4, -0.2) is 65.4 Å². The number of pyridine rings is 1. The van der Waals surface area contributed by atoms with Crippen LogP contribution in [0.15, 0.2) is 77.9 Å². The van der Waals surface area contributed by atoms with Crippen molar-refractivity contribution in [1.82, 2.24) is 4.98 Å². The van der Waals surface area contributed by atoms with E-state index >= 15 is 0 Å². The van der Waals surface area contributed by atoms with Gasteiger partial charge in [-0.25, -0.2) is 14.8 Å². The molecule has 11 heteroatoms. The molecular weight excluding hydrogens is 614 g/mol. The van der Waals surface area contributed by atoms with Crippen molar-refractivity contribution in [3.63, 3.8) is 0 Å². The largest absolute Gasteiger partial charge is 0.477 e. The molecule has 2 amide bonds. The quantitative estimate of drug-likeness (QED) is 0.242. The van der Waals surface area contributed by atoms with E-state index in [4.69, 9.17) is 9.73 Å². The molecule has 2 N–H and O–H groups in total. The van der Waals surface area contributed by atoms with Gasteiger partial charge < -0.3 is 20.1 Å². The number of aromatic nitrogens is 1. The Hall–Kier alpha value is -4.87. The van der Waals surface area contributed by atoms with E-state index in [9.17, 15) is 19.5 Å². The van der Waals surface area contributed by atoms with Crippen molar-refractivity contribution in [3.05, 3.63) is 99.4 Å². The number of nitrogens with one attached hydrogen (secondary N) is 1. The predicted octanol–water partition coefficient (Wildman–Crippen LogP) is 6.58. The zero-order valence-electron chi connectivity index (χ0n) is 26.4. The lowest BCUT2D eigenvalue weighted by Gasteiger charge is -2.53. The van der Waals surface area contributed by atoms with Crippen molar-refractivity contribution in [2.24, 2.45) is 10.4 Å². The number of benzene rings is 2. The van der Waals surface area contributed by atoms with Crippen molar-refractivity contribution in [3.8, 4) is 0 Å². The van der Waals surface area contributed by atoms with Gasteiger partial charge in [-0.2, -0.15) is 0 Å². The number of aromatic carboxylic acids is 1. The molecule has 3 aliphatic rings. The molecule has 10 nitrogen and oxygen atoms in total. The normalized spacial score (nSPS) is 17.8. The van der Waals surface area contributed by atoms with Crippen LogP contribution in [-0.2, 0) is 4.74 Å². The molecule has 3 aliphatic heterocycles. The van der Waals surface area contributed by atoms with E-state index in [1.54, 1.807) is 47.5 Å². The second-order valence-corrected chi connectivity index (χ2v) is 14.1. The Labute approximate surface area is 276 Å². The molecule has 7 rings (SSSR count). The number of anilines is 3. The Balaban J connectivity index is 1.12. The number of rotatable bonds is 6. The molecule has 1 spiro atoms. The van der Waals surface area contributed by atoms with E-state index in [1.165, 1.54) is 0 Å². The number of fused-ring (bicyclic) bond motifs is 1. The number of ether oxygens (including phenoxy) is 1. The van der Waals surface area contributed by atoms with Crippen LogP contribution in [0.25, 0.3) is 0 Å². The molecule has 0 radical (unpaired) electrons. The average molecular weight is 650 g/mol. The van der Waals surface area contributed by atoms with Crippen molar-refractivity contribution in [2.45, 2.75) is 39.2 Å². The maximum absolute atomic E-state index is 14.2. The molecular formula is C36H35N5O5S. The fourth-order valence-electron chi connectivity index (χ4n) is 6.75. The second-order valence-electron chi connectivity index (χ2n) is 13.0. The third kappa shape index (κ3) is 5.59. The number of carbonyl (C=O) groups excluding carboxylic acids is 2. The molecule has 0 saturated carbocycles. The van der Waals surface area contributed by atoms with Gasteiger partial charge >= 0.3 is 5.97 Å². The summed E-state index contributed by atoms with van der Waals surface area (Å²) in [7, 11) is 0. The third-order valence-electron chi connectivity index (χ3n) is 9.29. The lowest BCUT2D eigenvalue weighted by atomic mass is 9.73. The summed E-state index contributed by atoms with van der Waals surface area (Å²) < 4.78 is 5.56. The fraction of sp³-hybridized carbons (Fsp3) is 0.306. The van der Waals surface area contributed by atoms with Gasteiger partial charge in [-0.1, -0.05) is 12.1 Å². The molecule has 47 heavy (non-hydrogen) atoms. The summed E-state index contributed by atoms with van der Waals surface area (Å²) >= 11 is 1.13. The average Bonchev–Trinajstić information content (AvgIpc) is 3.54. The van der Waals surface area contributed by atoms with Gasteiger partial charge in [0, 0.05) is 49.2 Å². The zero-order valence-corrected chi connectivity index (χ0v) is 27.3. The molecule has 2 aromatic carbocycles. The number of carboxylic acids is 1. The van der Waals surface area contributed by atoms with E-state index in [2.05, 4.69) is 15.2 Å². The first-order chi connectivity index (χ1) is 22.5. The zero-order chi connectivity index (χ0) is 32.9. The molecule has 2 aromatic heterocycles. The number of carbonyl (C=O) groups is 3. The SMILES string of the molecule is Cc1cnc(N2CC3(CCOCC3)C2)c(C(=O)Nc2ccc(C(=O)N3c4ccccc4N=C(c4ccc(C(=O)O)s4)C3(C)C)cc2)c1. The highest BCUT2D eigenvalue weighted by Gasteiger charge is 2.45. The lowest BCUT2D eigenvalue weighted by Crippen LogP contribution is -2.59. The minimum absolute atomic E-state index is 0.203. The van der Waals surface area contributed by atoms with Crippen LogP contribution >= 0.6 is 11.3 Å². The summed E-state index contributed by atoms with van der Waals surface area (Å²) in [6, 6.07) is 19.4. The number of aryl methyl sites for hydroxylation is 1. The van der Waals surface area contributed by atoms with Crippen LogP contribution in [0.5, 0.6) is 0 Å². The molecule has 0 atom stereocenters. The first-order valence-corrected chi connectivity index (χ1v) is 16.4. The molecule has 4 aromatic rings. The fourth-order valence-corrected chi connectivity index (χ4v) is 7.74. The highest BCUT2D eigenvalue weighted by atomic mass is 32.1. The molecule has 240 valence electrons. The highest BCUT2D eigenvalue weighted by molar-refractivity contribution is 7.16. The molecule has 0 aliphatic carbocycles. The number of thiophene rings is 1. The minimum atomic E-state index is -1.00. The van der Waals surface area contributed by atoms with E-state index in [-0.39, 0.29) is 22.1 Å². The molecule has 5 heterocycles. The monoisotopic (exact) mass is 649 g/mol. The number of hydrogen-bond acceptors (Lipinski definition) is 8. The van der Waals surface area contributed by atoms with Crippen LogP contribution in [0.4, 0.5) is 22.9 Å². The van der Waals surface area contributed by atoms with Crippen molar-refractivity contribution >= 4 is 57.7 Å². The Bertz CT molecular complexity index is 1920. The van der Waals surface area contributed by atoms with E-state index in [0.717, 1.165) is 56.0 Å². The minimum Gasteiger partial charge on any atom is -0.477 e. The molecule has 0 unspecified atom stereocenters.